The monoisotopic (exact) mass is 362 g/mol. The molecule has 6 heteroatoms. The van der Waals surface area contributed by atoms with Gasteiger partial charge in [0.2, 0.25) is 0 Å². The maximum Gasteiger partial charge on any atom is 0.272 e. The lowest BCUT2D eigenvalue weighted by Crippen LogP contribution is -2.24. The van der Waals surface area contributed by atoms with Crippen LogP contribution in [0.2, 0.25) is 0 Å². The molecule has 0 unspecified atom stereocenters. The van der Waals surface area contributed by atoms with Gasteiger partial charge in [-0.2, -0.15) is 0 Å². The minimum absolute atomic E-state index is 0.267. The van der Waals surface area contributed by atoms with Crippen molar-refractivity contribution in [1.82, 2.24) is 15.5 Å². The van der Waals surface area contributed by atoms with Gasteiger partial charge in [0.05, 0.1) is 7.11 Å². The van der Waals surface area contributed by atoms with Gasteiger partial charge in [0.15, 0.2) is 11.5 Å². The molecule has 0 spiro atoms. The highest BCUT2D eigenvalue weighted by atomic mass is 16.5. The zero-order chi connectivity index (χ0) is 19.2. The number of benzene rings is 2. The molecule has 0 saturated heterocycles. The molecule has 0 fully saturated rings. The molecule has 2 aromatic carbocycles. The van der Waals surface area contributed by atoms with E-state index in [-0.39, 0.29) is 11.6 Å². The number of ether oxygens (including phenoxy) is 1. The summed E-state index contributed by atoms with van der Waals surface area (Å²) < 4.78 is 5.12. The number of nitrogens with zero attached hydrogens (tertiary/aromatic N) is 2. The first kappa shape index (κ1) is 18.4. The van der Waals surface area contributed by atoms with Gasteiger partial charge in [-0.3, -0.25) is 4.79 Å². The van der Waals surface area contributed by atoms with E-state index in [1.54, 1.807) is 19.2 Å². The van der Waals surface area contributed by atoms with Crippen LogP contribution in [0.4, 0.5) is 11.5 Å². The van der Waals surface area contributed by atoms with Gasteiger partial charge in [0.25, 0.3) is 5.91 Å². The summed E-state index contributed by atoms with van der Waals surface area (Å²) in [6, 6.07) is 17.0. The van der Waals surface area contributed by atoms with Gasteiger partial charge >= 0.3 is 0 Å². The molecule has 0 saturated carbocycles. The molecule has 27 heavy (non-hydrogen) atoms. The molecule has 1 amide bonds. The van der Waals surface area contributed by atoms with E-state index in [0.29, 0.717) is 12.4 Å². The standard InChI is InChI=1S/C21H22N4O2/c1-14-5-4-6-18(15(14)2)23-20-12-11-19(24-25-20)21(26)22-13-16-7-9-17(27-3)10-8-16/h4-12H,13H2,1-3H3,(H,22,26)(H,23,25). The Labute approximate surface area is 158 Å². The SMILES string of the molecule is COc1ccc(CNC(=O)c2ccc(Nc3cccc(C)c3C)nn2)cc1. The Morgan fingerprint density at radius 3 is 2.44 bits per heavy atom. The summed E-state index contributed by atoms with van der Waals surface area (Å²) in [7, 11) is 1.62. The Morgan fingerprint density at radius 2 is 1.78 bits per heavy atom. The van der Waals surface area contributed by atoms with Crippen molar-refractivity contribution < 1.29 is 9.53 Å². The van der Waals surface area contributed by atoms with Crippen molar-refractivity contribution in [2.45, 2.75) is 20.4 Å². The molecule has 3 rings (SSSR count). The van der Waals surface area contributed by atoms with E-state index in [1.165, 1.54) is 5.56 Å². The van der Waals surface area contributed by atoms with Crippen LogP contribution in [-0.4, -0.2) is 23.2 Å². The van der Waals surface area contributed by atoms with Crippen molar-refractivity contribution >= 4 is 17.4 Å². The highest BCUT2D eigenvalue weighted by Crippen LogP contribution is 2.21. The quantitative estimate of drug-likeness (QED) is 0.698. The Kier molecular flexibility index (Phi) is 5.66. The third-order valence-electron chi connectivity index (χ3n) is 4.38. The van der Waals surface area contributed by atoms with Crippen molar-refractivity contribution in [3.63, 3.8) is 0 Å². The molecule has 0 atom stereocenters. The predicted molar refractivity (Wildman–Crippen MR) is 105 cm³/mol. The number of rotatable bonds is 6. The van der Waals surface area contributed by atoms with Crippen LogP contribution in [0.1, 0.15) is 27.2 Å². The third-order valence-corrected chi connectivity index (χ3v) is 4.38. The van der Waals surface area contributed by atoms with Crippen LogP contribution in [0.15, 0.2) is 54.6 Å². The van der Waals surface area contributed by atoms with E-state index in [1.807, 2.05) is 43.3 Å². The molecule has 6 nitrogen and oxygen atoms in total. The van der Waals surface area contributed by atoms with Crippen LogP contribution in [-0.2, 0) is 6.54 Å². The van der Waals surface area contributed by atoms with Crippen LogP contribution >= 0.6 is 0 Å². The number of carbonyl (C=O) groups excluding carboxylic acids is 1. The Balaban J connectivity index is 1.60. The van der Waals surface area contributed by atoms with Crippen LogP contribution in [0.3, 0.4) is 0 Å². The summed E-state index contributed by atoms with van der Waals surface area (Å²) >= 11 is 0. The summed E-state index contributed by atoms with van der Waals surface area (Å²) in [6.45, 7) is 4.52. The number of carbonyl (C=O) groups is 1. The first-order chi connectivity index (χ1) is 13.1. The molecular weight excluding hydrogens is 340 g/mol. The molecular formula is C21H22N4O2. The second-order valence-electron chi connectivity index (χ2n) is 6.21. The van der Waals surface area contributed by atoms with Gasteiger partial charge in [-0.25, -0.2) is 0 Å². The Morgan fingerprint density at radius 1 is 1.00 bits per heavy atom. The topological polar surface area (TPSA) is 76.1 Å². The third kappa shape index (κ3) is 4.61. The van der Waals surface area contributed by atoms with E-state index < -0.39 is 0 Å². The lowest BCUT2D eigenvalue weighted by atomic mass is 10.1. The Hall–Kier alpha value is -3.41. The van der Waals surface area contributed by atoms with Gasteiger partial charge in [-0.1, -0.05) is 24.3 Å². The lowest BCUT2D eigenvalue weighted by molar-refractivity contribution is 0.0945. The van der Waals surface area contributed by atoms with E-state index >= 15 is 0 Å². The van der Waals surface area contributed by atoms with E-state index in [2.05, 4.69) is 33.8 Å². The molecule has 2 N–H and O–H groups in total. The fraction of sp³-hybridized carbons (Fsp3) is 0.190. The molecule has 0 aliphatic carbocycles. The molecule has 0 aliphatic rings. The second-order valence-corrected chi connectivity index (χ2v) is 6.21. The number of hydrogen-bond acceptors (Lipinski definition) is 5. The summed E-state index contributed by atoms with van der Waals surface area (Å²) in [5.74, 6) is 1.11. The average Bonchev–Trinajstić information content (AvgIpc) is 2.70. The predicted octanol–water partition coefficient (Wildman–Crippen LogP) is 3.78. The molecule has 0 radical (unpaired) electrons. The number of nitrogens with one attached hydrogen (secondary N) is 2. The smallest absolute Gasteiger partial charge is 0.272 e. The van der Waals surface area contributed by atoms with Crippen molar-refractivity contribution in [3.05, 3.63) is 77.0 Å². The van der Waals surface area contributed by atoms with E-state index in [0.717, 1.165) is 22.6 Å². The number of aromatic nitrogens is 2. The summed E-state index contributed by atoms with van der Waals surface area (Å²) in [5, 5.41) is 14.2. The van der Waals surface area contributed by atoms with Crippen molar-refractivity contribution in [3.8, 4) is 5.75 Å². The molecule has 0 aliphatic heterocycles. The van der Waals surface area contributed by atoms with E-state index in [9.17, 15) is 4.79 Å². The van der Waals surface area contributed by atoms with Gasteiger partial charge in [-0.05, 0) is 60.9 Å². The van der Waals surface area contributed by atoms with Crippen molar-refractivity contribution in [2.75, 3.05) is 12.4 Å². The molecule has 0 bridgehead atoms. The zero-order valence-electron chi connectivity index (χ0n) is 15.6. The fourth-order valence-corrected chi connectivity index (χ4v) is 2.56. The first-order valence-electron chi connectivity index (χ1n) is 8.65. The maximum atomic E-state index is 12.3. The highest BCUT2D eigenvalue weighted by molar-refractivity contribution is 5.92. The van der Waals surface area contributed by atoms with Crippen LogP contribution in [0.5, 0.6) is 5.75 Å². The van der Waals surface area contributed by atoms with Gasteiger partial charge < -0.3 is 15.4 Å². The largest absolute Gasteiger partial charge is 0.497 e. The molecule has 138 valence electrons. The normalized spacial score (nSPS) is 10.3. The average molecular weight is 362 g/mol. The zero-order valence-corrected chi connectivity index (χ0v) is 15.6. The summed E-state index contributed by atoms with van der Waals surface area (Å²) in [5.41, 5.74) is 4.57. The van der Waals surface area contributed by atoms with Crippen LogP contribution < -0.4 is 15.4 Å². The minimum atomic E-state index is -0.267. The van der Waals surface area contributed by atoms with Gasteiger partial charge in [-0.15, -0.1) is 10.2 Å². The van der Waals surface area contributed by atoms with Crippen LogP contribution in [0.25, 0.3) is 0 Å². The second kappa shape index (κ2) is 8.31. The number of aryl methyl sites for hydroxylation is 1. The lowest BCUT2D eigenvalue weighted by Gasteiger charge is -2.10. The summed E-state index contributed by atoms with van der Waals surface area (Å²) in [4.78, 5) is 12.3. The van der Waals surface area contributed by atoms with Gasteiger partial charge in [0.1, 0.15) is 5.75 Å². The molecule has 1 heterocycles. The minimum Gasteiger partial charge on any atom is -0.497 e. The van der Waals surface area contributed by atoms with Crippen molar-refractivity contribution in [1.29, 1.82) is 0 Å². The number of hydrogen-bond donors (Lipinski definition) is 2. The maximum absolute atomic E-state index is 12.3. The number of amides is 1. The first-order valence-corrected chi connectivity index (χ1v) is 8.65. The molecule has 3 aromatic rings. The van der Waals surface area contributed by atoms with E-state index in [4.69, 9.17) is 4.74 Å². The Bertz CT molecular complexity index is 922. The molecule has 1 aromatic heterocycles. The number of methoxy groups -OCH3 is 1. The van der Waals surface area contributed by atoms with Gasteiger partial charge in [0, 0.05) is 12.2 Å². The van der Waals surface area contributed by atoms with Crippen LogP contribution in [0, 0.1) is 13.8 Å². The highest BCUT2D eigenvalue weighted by Gasteiger charge is 2.09. The summed E-state index contributed by atoms with van der Waals surface area (Å²) in [6.07, 6.45) is 0. The fourth-order valence-electron chi connectivity index (χ4n) is 2.56. The van der Waals surface area contributed by atoms with Crippen molar-refractivity contribution in [2.24, 2.45) is 0 Å². The number of anilines is 2.